The van der Waals surface area contributed by atoms with Crippen LogP contribution in [0, 0.1) is 0 Å². The van der Waals surface area contributed by atoms with Crippen LogP contribution in [0.25, 0.3) is 10.1 Å². The van der Waals surface area contributed by atoms with Crippen molar-refractivity contribution in [2.45, 2.75) is 13.0 Å². The Bertz CT molecular complexity index is 1050. The normalized spacial score (nSPS) is 15.6. The number of aromatic nitrogens is 1. The summed E-state index contributed by atoms with van der Waals surface area (Å²) in [5.41, 5.74) is 1.01. The Morgan fingerprint density at radius 2 is 1.82 bits per heavy atom. The van der Waals surface area contributed by atoms with Crippen molar-refractivity contribution in [2.24, 2.45) is 0 Å². The van der Waals surface area contributed by atoms with Gasteiger partial charge < -0.3 is 14.5 Å². The molecule has 146 valence electrons. The standard InChI is InChI=1S/C21H23N3O3S/c1-15(24-21(26)18-8-3-4-9-19(18)28-24)20(25)23-12-10-22(11-13-23)16-6-5-7-17(14-16)27-2/h3-9,14-15H,10-13H2,1-2H3/t15-/m1/s1. The van der Waals surface area contributed by atoms with Gasteiger partial charge in [-0.3, -0.25) is 13.5 Å². The van der Waals surface area contributed by atoms with Gasteiger partial charge in [-0.05, 0) is 31.2 Å². The molecule has 0 aliphatic carbocycles. The summed E-state index contributed by atoms with van der Waals surface area (Å²) in [4.78, 5) is 29.8. The van der Waals surface area contributed by atoms with Gasteiger partial charge in [-0.25, -0.2) is 0 Å². The van der Waals surface area contributed by atoms with Crippen LogP contribution in [0.4, 0.5) is 5.69 Å². The zero-order chi connectivity index (χ0) is 19.7. The monoisotopic (exact) mass is 397 g/mol. The fourth-order valence-corrected chi connectivity index (χ4v) is 4.64. The number of hydrogen-bond donors (Lipinski definition) is 0. The number of ether oxygens (including phenoxy) is 1. The van der Waals surface area contributed by atoms with E-state index < -0.39 is 6.04 Å². The van der Waals surface area contributed by atoms with Crippen LogP contribution >= 0.6 is 11.5 Å². The topological polar surface area (TPSA) is 54.8 Å². The van der Waals surface area contributed by atoms with Crippen LogP contribution in [0.5, 0.6) is 5.75 Å². The molecule has 4 rings (SSSR count). The summed E-state index contributed by atoms with van der Waals surface area (Å²) in [6.07, 6.45) is 0. The molecule has 0 radical (unpaired) electrons. The molecule has 1 saturated heterocycles. The van der Waals surface area contributed by atoms with Crippen molar-refractivity contribution < 1.29 is 9.53 Å². The van der Waals surface area contributed by atoms with Crippen molar-refractivity contribution in [1.82, 2.24) is 8.86 Å². The van der Waals surface area contributed by atoms with E-state index in [0.717, 1.165) is 29.2 Å². The number of amides is 1. The molecule has 1 aliphatic rings. The number of carbonyl (C=O) groups is 1. The van der Waals surface area contributed by atoms with Crippen molar-refractivity contribution in [2.75, 3.05) is 38.2 Å². The third-order valence-corrected chi connectivity index (χ3v) is 6.46. The molecule has 28 heavy (non-hydrogen) atoms. The van der Waals surface area contributed by atoms with Crippen molar-refractivity contribution >= 4 is 33.2 Å². The number of benzene rings is 2. The molecule has 6 nitrogen and oxygen atoms in total. The van der Waals surface area contributed by atoms with Crippen LogP contribution in [-0.2, 0) is 4.79 Å². The van der Waals surface area contributed by atoms with Gasteiger partial charge in [0.1, 0.15) is 11.8 Å². The van der Waals surface area contributed by atoms with Gasteiger partial charge in [0, 0.05) is 37.9 Å². The molecular weight excluding hydrogens is 374 g/mol. The Kier molecular flexibility index (Phi) is 5.09. The lowest BCUT2D eigenvalue weighted by Crippen LogP contribution is -2.50. The summed E-state index contributed by atoms with van der Waals surface area (Å²) < 4.78 is 7.81. The van der Waals surface area contributed by atoms with Crippen molar-refractivity contribution in [3.8, 4) is 5.75 Å². The number of rotatable bonds is 4. The molecule has 0 spiro atoms. The van der Waals surface area contributed by atoms with E-state index >= 15 is 0 Å². The van der Waals surface area contributed by atoms with E-state index in [1.54, 1.807) is 11.1 Å². The van der Waals surface area contributed by atoms with Gasteiger partial charge in [-0.1, -0.05) is 29.7 Å². The number of carbonyl (C=O) groups excluding carboxylic acids is 1. The smallest absolute Gasteiger partial charge is 0.269 e. The SMILES string of the molecule is COc1cccc(N2CCN(C(=O)[C@@H](C)n3sc4ccccc4c3=O)CC2)c1. The van der Waals surface area contributed by atoms with Gasteiger partial charge >= 0.3 is 0 Å². The predicted octanol–water partition coefficient (Wildman–Crippen LogP) is 2.98. The fraction of sp³-hybridized carbons (Fsp3) is 0.333. The lowest BCUT2D eigenvalue weighted by atomic mass is 10.2. The summed E-state index contributed by atoms with van der Waals surface area (Å²) in [5, 5.41) is 0.676. The third-order valence-electron chi connectivity index (χ3n) is 5.23. The molecule has 0 saturated carbocycles. The number of anilines is 1. The minimum Gasteiger partial charge on any atom is -0.497 e. The predicted molar refractivity (Wildman–Crippen MR) is 113 cm³/mol. The van der Waals surface area contributed by atoms with Crippen LogP contribution in [-0.4, -0.2) is 48.1 Å². The fourth-order valence-electron chi connectivity index (χ4n) is 3.60. The van der Waals surface area contributed by atoms with E-state index in [9.17, 15) is 9.59 Å². The second-order valence-electron chi connectivity index (χ2n) is 6.91. The van der Waals surface area contributed by atoms with Crippen molar-refractivity contribution in [3.05, 3.63) is 58.9 Å². The Balaban J connectivity index is 1.46. The average Bonchev–Trinajstić information content (AvgIpc) is 3.09. The largest absolute Gasteiger partial charge is 0.497 e. The number of methoxy groups -OCH3 is 1. The van der Waals surface area contributed by atoms with E-state index in [0.29, 0.717) is 18.5 Å². The van der Waals surface area contributed by atoms with Crippen LogP contribution < -0.4 is 15.2 Å². The van der Waals surface area contributed by atoms with Gasteiger partial charge in [0.15, 0.2) is 0 Å². The Hall–Kier alpha value is -2.80. The summed E-state index contributed by atoms with van der Waals surface area (Å²) in [7, 11) is 1.66. The first-order valence-corrected chi connectivity index (χ1v) is 10.1. The first-order valence-electron chi connectivity index (χ1n) is 9.37. The Labute approximate surface area is 167 Å². The molecule has 3 aromatic rings. The van der Waals surface area contributed by atoms with Gasteiger partial charge in [0.05, 0.1) is 17.2 Å². The number of nitrogens with zero attached hydrogens (tertiary/aromatic N) is 3. The second kappa shape index (κ2) is 7.67. The van der Waals surface area contributed by atoms with E-state index in [2.05, 4.69) is 11.0 Å². The second-order valence-corrected chi connectivity index (χ2v) is 7.92. The molecule has 2 heterocycles. The lowest BCUT2D eigenvalue weighted by molar-refractivity contribution is -0.134. The summed E-state index contributed by atoms with van der Waals surface area (Å²) >= 11 is 1.36. The molecule has 0 bridgehead atoms. The highest BCUT2D eigenvalue weighted by Crippen LogP contribution is 2.24. The first-order chi connectivity index (χ1) is 13.6. The third kappa shape index (κ3) is 3.38. The van der Waals surface area contributed by atoms with E-state index in [1.807, 2.05) is 54.3 Å². The maximum Gasteiger partial charge on any atom is 0.269 e. The highest BCUT2D eigenvalue weighted by Gasteiger charge is 2.27. The molecule has 0 unspecified atom stereocenters. The number of hydrogen-bond acceptors (Lipinski definition) is 5. The minimum absolute atomic E-state index is 0.000974. The lowest BCUT2D eigenvalue weighted by Gasteiger charge is -2.37. The average molecular weight is 398 g/mol. The summed E-state index contributed by atoms with van der Waals surface area (Å²) in [5.74, 6) is 0.827. The molecular formula is C21H23N3O3S. The van der Waals surface area contributed by atoms with Crippen molar-refractivity contribution in [1.29, 1.82) is 0 Å². The van der Waals surface area contributed by atoms with Gasteiger partial charge in [0.25, 0.3) is 5.56 Å². The molecule has 2 aromatic carbocycles. The van der Waals surface area contributed by atoms with Crippen molar-refractivity contribution in [3.63, 3.8) is 0 Å². The maximum atomic E-state index is 13.0. The molecule has 1 aliphatic heterocycles. The summed E-state index contributed by atoms with van der Waals surface area (Å²) in [6, 6.07) is 15.0. The number of piperazine rings is 1. The maximum absolute atomic E-state index is 13.0. The van der Waals surface area contributed by atoms with E-state index in [4.69, 9.17) is 4.74 Å². The minimum atomic E-state index is -0.492. The van der Waals surface area contributed by atoms with Crippen LogP contribution in [0.3, 0.4) is 0 Å². The highest BCUT2D eigenvalue weighted by molar-refractivity contribution is 7.14. The zero-order valence-corrected chi connectivity index (χ0v) is 16.8. The molecule has 0 N–H and O–H groups in total. The van der Waals surface area contributed by atoms with Gasteiger partial charge in [-0.2, -0.15) is 0 Å². The van der Waals surface area contributed by atoms with E-state index in [-0.39, 0.29) is 11.5 Å². The van der Waals surface area contributed by atoms with Gasteiger partial charge in [-0.15, -0.1) is 0 Å². The highest BCUT2D eigenvalue weighted by atomic mass is 32.1. The molecule has 1 amide bonds. The number of fused-ring (bicyclic) bond motifs is 1. The van der Waals surface area contributed by atoms with Crippen LogP contribution in [0.15, 0.2) is 53.3 Å². The molecule has 1 fully saturated rings. The first kappa shape index (κ1) is 18.6. The zero-order valence-electron chi connectivity index (χ0n) is 16.0. The van der Waals surface area contributed by atoms with Gasteiger partial charge in [0.2, 0.25) is 5.91 Å². The molecule has 1 atom stereocenters. The molecule has 7 heteroatoms. The quantitative estimate of drug-likeness (QED) is 0.679. The Morgan fingerprint density at radius 1 is 1.07 bits per heavy atom. The Morgan fingerprint density at radius 3 is 2.54 bits per heavy atom. The van der Waals surface area contributed by atoms with E-state index in [1.165, 1.54) is 11.5 Å². The summed E-state index contributed by atoms with van der Waals surface area (Å²) in [6.45, 7) is 4.60. The molecule has 1 aromatic heterocycles. The van der Waals surface area contributed by atoms with Crippen LogP contribution in [0.1, 0.15) is 13.0 Å². The van der Waals surface area contributed by atoms with Crippen LogP contribution in [0.2, 0.25) is 0 Å².